The van der Waals surface area contributed by atoms with Gasteiger partial charge in [0.05, 0.1) is 11.4 Å². The number of aryl methyl sites for hydroxylation is 2. The van der Waals surface area contributed by atoms with Crippen LogP contribution in [0, 0.1) is 13.8 Å². The predicted octanol–water partition coefficient (Wildman–Crippen LogP) is 3.64. The number of imidazole rings is 1. The molecule has 0 fully saturated rings. The lowest BCUT2D eigenvalue weighted by Crippen LogP contribution is -2.16. The second-order valence-corrected chi connectivity index (χ2v) is 6.69. The van der Waals surface area contributed by atoms with E-state index in [9.17, 15) is 0 Å². The Bertz CT molecular complexity index is 516. The van der Waals surface area contributed by atoms with E-state index in [4.69, 9.17) is 0 Å². The first-order chi connectivity index (χ1) is 9.24. The summed E-state index contributed by atoms with van der Waals surface area (Å²) in [6.07, 6.45) is 6.10. The molecule has 0 atom stereocenters. The third kappa shape index (κ3) is 3.74. The molecular weight excluding hydrogens is 274 g/mol. The molecule has 0 aliphatic carbocycles. The topological polar surface area (TPSA) is 29.3 Å². The van der Waals surface area contributed by atoms with Crippen LogP contribution in [-0.2, 0) is 6.54 Å². The summed E-state index contributed by atoms with van der Waals surface area (Å²) in [4.78, 5) is 5.73. The summed E-state index contributed by atoms with van der Waals surface area (Å²) in [7, 11) is 0. The maximum atomic E-state index is 4.61. The molecule has 0 spiro atoms. The van der Waals surface area contributed by atoms with Crippen molar-refractivity contribution in [2.24, 2.45) is 0 Å². The number of thiazole rings is 1. The molecule has 2 rings (SSSR count). The van der Waals surface area contributed by atoms with Crippen LogP contribution in [0.5, 0.6) is 0 Å². The van der Waals surface area contributed by atoms with Gasteiger partial charge in [-0.05, 0) is 45.2 Å². The fraction of sp³-hybridized carbons (Fsp3) is 0.643. The van der Waals surface area contributed by atoms with Crippen LogP contribution in [0.15, 0.2) is 5.38 Å². The van der Waals surface area contributed by atoms with Gasteiger partial charge in [0.25, 0.3) is 0 Å². The molecule has 0 aliphatic rings. The minimum atomic E-state index is 0.924. The number of unbranched alkanes of at least 4 members (excludes halogenated alkanes) is 2. The molecule has 0 aromatic carbocycles. The summed E-state index contributed by atoms with van der Waals surface area (Å²) in [6.45, 7) is 6.28. The van der Waals surface area contributed by atoms with Gasteiger partial charge >= 0.3 is 0 Å². The Kier molecular flexibility index (Phi) is 5.73. The summed E-state index contributed by atoms with van der Waals surface area (Å²) < 4.78 is 2.28. The number of fused-ring (bicyclic) bond motifs is 1. The van der Waals surface area contributed by atoms with Crippen molar-refractivity contribution < 1.29 is 0 Å². The van der Waals surface area contributed by atoms with Crippen molar-refractivity contribution in [1.29, 1.82) is 0 Å². The summed E-state index contributed by atoms with van der Waals surface area (Å²) in [5.74, 6) is 1.29. The van der Waals surface area contributed by atoms with Crippen LogP contribution < -0.4 is 5.32 Å². The Morgan fingerprint density at radius 1 is 1.32 bits per heavy atom. The fourth-order valence-electron chi connectivity index (χ4n) is 2.26. The monoisotopic (exact) mass is 297 g/mol. The molecule has 0 bridgehead atoms. The Balaban J connectivity index is 1.81. The molecule has 0 saturated heterocycles. The van der Waals surface area contributed by atoms with Gasteiger partial charge in [0.2, 0.25) is 0 Å². The predicted molar refractivity (Wildman–Crippen MR) is 86.5 cm³/mol. The van der Waals surface area contributed by atoms with E-state index in [0.717, 1.165) is 23.7 Å². The van der Waals surface area contributed by atoms with Gasteiger partial charge in [-0.3, -0.25) is 4.40 Å². The van der Waals surface area contributed by atoms with Crippen molar-refractivity contribution in [3.8, 4) is 0 Å². The number of hydrogen-bond acceptors (Lipinski definition) is 4. The zero-order valence-electron chi connectivity index (χ0n) is 12.0. The van der Waals surface area contributed by atoms with Crippen molar-refractivity contribution in [3.05, 3.63) is 22.5 Å². The van der Waals surface area contributed by atoms with Gasteiger partial charge in [-0.25, -0.2) is 4.98 Å². The molecule has 0 aliphatic heterocycles. The highest BCUT2D eigenvalue weighted by atomic mass is 32.2. The molecular formula is C14H23N3S2. The molecule has 1 N–H and O–H groups in total. The Morgan fingerprint density at radius 2 is 2.16 bits per heavy atom. The SMILES string of the molecule is CSCCCCCNCc1c(C)nc2scc(C)n12. The number of hydrogen-bond donors (Lipinski definition) is 1. The van der Waals surface area contributed by atoms with E-state index >= 15 is 0 Å². The minimum Gasteiger partial charge on any atom is -0.311 e. The van der Waals surface area contributed by atoms with Crippen molar-refractivity contribution in [2.45, 2.75) is 39.7 Å². The fourth-order valence-corrected chi connectivity index (χ4v) is 3.68. The molecule has 19 heavy (non-hydrogen) atoms. The second-order valence-electron chi connectivity index (χ2n) is 4.87. The molecule has 0 saturated carbocycles. The van der Waals surface area contributed by atoms with Crippen molar-refractivity contribution in [2.75, 3.05) is 18.6 Å². The minimum absolute atomic E-state index is 0.924. The van der Waals surface area contributed by atoms with Crippen LogP contribution in [0.4, 0.5) is 0 Å². The van der Waals surface area contributed by atoms with E-state index in [1.54, 1.807) is 11.3 Å². The number of nitrogens with one attached hydrogen (secondary N) is 1. The maximum absolute atomic E-state index is 4.61. The number of aromatic nitrogens is 2. The van der Waals surface area contributed by atoms with E-state index in [1.807, 2.05) is 11.8 Å². The third-order valence-corrected chi connectivity index (χ3v) is 4.96. The Morgan fingerprint density at radius 3 is 2.95 bits per heavy atom. The first kappa shape index (κ1) is 14.9. The van der Waals surface area contributed by atoms with Gasteiger partial charge < -0.3 is 5.32 Å². The van der Waals surface area contributed by atoms with Gasteiger partial charge in [0.1, 0.15) is 0 Å². The summed E-state index contributed by atoms with van der Waals surface area (Å²) in [5, 5.41) is 5.73. The van der Waals surface area contributed by atoms with Crippen LogP contribution in [0.25, 0.3) is 4.96 Å². The Hall–Kier alpha value is -0.520. The van der Waals surface area contributed by atoms with Crippen LogP contribution in [-0.4, -0.2) is 27.9 Å². The van der Waals surface area contributed by atoms with Crippen LogP contribution in [0.2, 0.25) is 0 Å². The van der Waals surface area contributed by atoms with Gasteiger partial charge in [0.15, 0.2) is 4.96 Å². The molecule has 2 aromatic heterocycles. The van der Waals surface area contributed by atoms with E-state index in [0.29, 0.717) is 0 Å². The normalized spacial score (nSPS) is 11.5. The van der Waals surface area contributed by atoms with Gasteiger partial charge in [0, 0.05) is 17.6 Å². The first-order valence-corrected chi connectivity index (χ1v) is 9.13. The van der Waals surface area contributed by atoms with Gasteiger partial charge in [-0.1, -0.05) is 6.42 Å². The lowest BCUT2D eigenvalue weighted by molar-refractivity contribution is 0.608. The highest BCUT2D eigenvalue weighted by Crippen LogP contribution is 2.20. The molecule has 0 radical (unpaired) electrons. The van der Waals surface area contributed by atoms with Gasteiger partial charge in [-0.2, -0.15) is 11.8 Å². The number of thioether (sulfide) groups is 1. The average molecular weight is 297 g/mol. The molecule has 3 nitrogen and oxygen atoms in total. The van der Waals surface area contributed by atoms with Crippen molar-refractivity contribution in [1.82, 2.24) is 14.7 Å². The van der Waals surface area contributed by atoms with Crippen LogP contribution in [0.3, 0.4) is 0 Å². The zero-order chi connectivity index (χ0) is 13.7. The van der Waals surface area contributed by atoms with Crippen molar-refractivity contribution in [3.63, 3.8) is 0 Å². The summed E-state index contributed by atoms with van der Waals surface area (Å²) in [5.41, 5.74) is 3.76. The molecule has 2 aromatic rings. The van der Waals surface area contributed by atoms with E-state index in [2.05, 4.69) is 40.2 Å². The molecule has 0 amide bonds. The maximum Gasteiger partial charge on any atom is 0.194 e. The number of nitrogens with zero attached hydrogens (tertiary/aromatic N) is 2. The van der Waals surface area contributed by atoms with Crippen LogP contribution in [0.1, 0.15) is 36.3 Å². The summed E-state index contributed by atoms with van der Waals surface area (Å²) >= 11 is 3.66. The van der Waals surface area contributed by atoms with Crippen LogP contribution >= 0.6 is 23.1 Å². The smallest absolute Gasteiger partial charge is 0.194 e. The molecule has 5 heteroatoms. The molecule has 106 valence electrons. The largest absolute Gasteiger partial charge is 0.311 e. The third-order valence-electron chi connectivity index (χ3n) is 3.32. The molecule has 0 unspecified atom stereocenters. The second kappa shape index (κ2) is 7.31. The lowest BCUT2D eigenvalue weighted by Gasteiger charge is -2.06. The van der Waals surface area contributed by atoms with Gasteiger partial charge in [-0.15, -0.1) is 11.3 Å². The first-order valence-electron chi connectivity index (χ1n) is 6.85. The molecule has 2 heterocycles. The summed E-state index contributed by atoms with van der Waals surface area (Å²) in [6, 6.07) is 0. The quantitative estimate of drug-likeness (QED) is 0.754. The zero-order valence-corrected chi connectivity index (χ0v) is 13.7. The van der Waals surface area contributed by atoms with E-state index in [-0.39, 0.29) is 0 Å². The number of rotatable bonds is 8. The Labute approximate surface area is 123 Å². The van der Waals surface area contributed by atoms with E-state index in [1.165, 1.54) is 36.4 Å². The highest BCUT2D eigenvalue weighted by Gasteiger charge is 2.11. The average Bonchev–Trinajstić information content (AvgIpc) is 2.89. The van der Waals surface area contributed by atoms with Crippen molar-refractivity contribution >= 4 is 28.1 Å². The lowest BCUT2D eigenvalue weighted by atomic mass is 10.2. The van der Waals surface area contributed by atoms with E-state index < -0.39 is 0 Å². The highest BCUT2D eigenvalue weighted by molar-refractivity contribution is 7.98. The standard InChI is InChI=1S/C14H23N3S2/c1-11-10-19-14-16-12(2)13(17(11)14)9-15-7-5-4-6-8-18-3/h10,15H,4-9H2,1-3H3.